The van der Waals surface area contributed by atoms with Crippen LogP contribution in [0.4, 0.5) is 15.8 Å². The van der Waals surface area contributed by atoms with Crippen molar-refractivity contribution in [3.05, 3.63) is 24.0 Å². The summed E-state index contributed by atoms with van der Waals surface area (Å²) in [6, 6.07) is 5.57. The molecule has 0 saturated heterocycles. The maximum atomic E-state index is 14.2. The lowest BCUT2D eigenvalue weighted by atomic mass is 10.1. The van der Waals surface area contributed by atoms with Crippen molar-refractivity contribution in [2.45, 2.75) is 52.0 Å². The van der Waals surface area contributed by atoms with Crippen LogP contribution in [-0.4, -0.2) is 12.6 Å². The fourth-order valence-corrected chi connectivity index (χ4v) is 2.87. The summed E-state index contributed by atoms with van der Waals surface area (Å²) in [5.74, 6) is 0.455. The van der Waals surface area contributed by atoms with Gasteiger partial charge in [-0.2, -0.15) is 0 Å². The number of halogens is 1. The van der Waals surface area contributed by atoms with Crippen molar-refractivity contribution in [1.29, 1.82) is 0 Å². The second-order valence-electron chi connectivity index (χ2n) is 6.03. The first-order valence-electron chi connectivity index (χ1n) is 7.39. The van der Waals surface area contributed by atoms with E-state index < -0.39 is 0 Å². The molecule has 0 aromatic heterocycles. The fraction of sp³-hybridized carbons (Fsp3) is 0.625. The van der Waals surface area contributed by atoms with Crippen molar-refractivity contribution >= 4 is 11.4 Å². The Balaban J connectivity index is 2.19. The van der Waals surface area contributed by atoms with Crippen LogP contribution in [0.25, 0.3) is 0 Å². The van der Waals surface area contributed by atoms with Crippen LogP contribution in [0.1, 0.15) is 46.0 Å². The van der Waals surface area contributed by atoms with Gasteiger partial charge in [0.2, 0.25) is 0 Å². The minimum absolute atomic E-state index is 0.185. The summed E-state index contributed by atoms with van der Waals surface area (Å²) in [5.41, 5.74) is 6.87. The highest BCUT2D eigenvalue weighted by Gasteiger charge is 2.24. The number of nitrogen functional groups attached to an aromatic ring is 1. The molecule has 2 N–H and O–H groups in total. The Morgan fingerprint density at radius 3 is 2.58 bits per heavy atom. The van der Waals surface area contributed by atoms with Crippen LogP contribution in [0.2, 0.25) is 0 Å². The Bertz CT molecular complexity index is 411. The monoisotopic (exact) mass is 264 g/mol. The van der Waals surface area contributed by atoms with E-state index in [0.29, 0.717) is 17.6 Å². The van der Waals surface area contributed by atoms with Crippen molar-refractivity contribution in [2.75, 3.05) is 17.2 Å². The highest BCUT2D eigenvalue weighted by atomic mass is 19.1. The number of hydrogen-bond donors (Lipinski definition) is 1. The summed E-state index contributed by atoms with van der Waals surface area (Å²) in [6.07, 6.45) is 5.99. The molecule has 0 amide bonds. The molecule has 0 heterocycles. The van der Waals surface area contributed by atoms with E-state index in [2.05, 4.69) is 18.7 Å². The van der Waals surface area contributed by atoms with E-state index in [1.807, 2.05) is 6.07 Å². The topological polar surface area (TPSA) is 29.3 Å². The largest absolute Gasteiger partial charge is 0.399 e. The van der Waals surface area contributed by atoms with Gasteiger partial charge < -0.3 is 10.6 Å². The molecule has 0 radical (unpaired) electrons. The maximum absolute atomic E-state index is 14.2. The maximum Gasteiger partial charge on any atom is 0.148 e. The summed E-state index contributed by atoms with van der Waals surface area (Å²) >= 11 is 0. The van der Waals surface area contributed by atoms with E-state index in [1.165, 1.54) is 31.7 Å². The molecule has 1 saturated carbocycles. The smallest absolute Gasteiger partial charge is 0.148 e. The van der Waals surface area contributed by atoms with E-state index >= 15 is 0 Å². The molecule has 0 unspecified atom stereocenters. The zero-order valence-electron chi connectivity index (χ0n) is 12.0. The van der Waals surface area contributed by atoms with Gasteiger partial charge in [-0.25, -0.2) is 4.39 Å². The Morgan fingerprint density at radius 1 is 1.32 bits per heavy atom. The first-order valence-corrected chi connectivity index (χ1v) is 7.39. The molecule has 1 aliphatic rings. The second-order valence-corrected chi connectivity index (χ2v) is 6.03. The molecule has 1 aromatic rings. The predicted molar refractivity (Wildman–Crippen MR) is 79.9 cm³/mol. The van der Waals surface area contributed by atoms with Gasteiger partial charge >= 0.3 is 0 Å². The van der Waals surface area contributed by atoms with Gasteiger partial charge in [0.1, 0.15) is 5.82 Å². The molecule has 1 aromatic carbocycles. The Morgan fingerprint density at radius 2 is 2.00 bits per heavy atom. The molecule has 2 nitrogen and oxygen atoms in total. The molecule has 19 heavy (non-hydrogen) atoms. The lowest BCUT2D eigenvalue weighted by molar-refractivity contribution is 0.517. The Labute approximate surface area is 115 Å². The van der Waals surface area contributed by atoms with Crippen LogP contribution in [0.5, 0.6) is 0 Å². The summed E-state index contributed by atoms with van der Waals surface area (Å²) < 4.78 is 14.2. The summed E-state index contributed by atoms with van der Waals surface area (Å²) in [6.45, 7) is 5.36. The molecule has 0 aliphatic heterocycles. The molecule has 1 aliphatic carbocycles. The predicted octanol–water partition coefficient (Wildman–Crippen LogP) is 4.20. The third-order valence-electron chi connectivity index (χ3n) is 3.99. The standard InChI is InChI=1S/C16H25FN2/c1-12(2)9-10-19(14-5-3-4-6-14)16-8-7-13(18)11-15(16)17/h7-8,11-12,14H,3-6,9-10,18H2,1-2H3. The lowest BCUT2D eigenvalue weighted by Crippen LogP contribution is -2.35. The molecular weight excluding hydrogens is 239 g/mol. The zero-order valence-corrected chi connectivity index (χ0v) is 12.0. The van der Waals surface area contributed by atoms with Crippen molar-refractivity contribution in [1.82, 2.24) is 0 Å². The molecule has 2 rings (SSSR count). The zero-order chi connectivity index (χ0) is 13.8. The highest BCUT2D eigenvalue weighted by Crippen LogP contribution is 2.31. The van der Waals surface area contributed by atoms with Gasteiger partial charge in [-0.3, -0.25) is 0 Å². The minimum atomic E-state index is -0.185. The van der Waals surface area contributed by atoms with Crippen LogP contribution >= 0.6 is 0 Å². The molecule has 0 atom stereocenters. The van der Waals surface area contributed by atoms with E-state index in [0.717, 1.165) is 18.7 Å². The average molecular weight is 264 g/mol. The number of nitrogens with two attached hydrogens (primary N) is 1. The van der Waals surface area contributed by atoms with Gasteiger partial charge in [0.15, 0.2) is 0 Å². The molecule has 106 valence electrons. The molecule has 0 spiro atoms. The first kappa shape index (κ1) is 14.2. The third kappa shape index (κ3) is 3.62. The van der Waals surface area contributed by atoms with Crippen LogP contribution < -0.4 is 10.6 Å². The van der Waals surface area contributed by atoms with Gasteiger partial charge in [-0.05, 0) is 43.4 Å². The van der Waals surface area contributed by atoms with Gasteiger partial charge in [0.05, 0.1) is 5.69 Å². The van der Waals surface area contributed by atoms with Crippen LogP contribution in [0, 0.1) is 11.7 Å². The second kappa shape index (κ2) is 6.27. The number of rotatable bonds is 5. The molecular formula is C16H25FN2. The van der Waals surface area contributed by atoms with Crippen molar-refractivity contribution in [2.24, 2.45) is 5.92 Å². The van der Waals surface area contributed by atoms with Crippen LogP contribution in [0.15, 0.2) is 18.2 Å². The first-order chi connectivity index (χ1) is 9.08. The van der Waals surface area contributed by atoms with E-state index in [-0.39, 0.29) is 5.82 Å². The SMILES string of the molecule is CC(C)CCN(c1ccc(N)cc1F)C1CCCC1. The van der Waals surface area contributed by atoms with Crippen molar-refractivity contribution in [3.8, 4) is 0 Å². The fourth-order valence-electron chi connectivity index (χ4n) is 2.87. The number of anilines is 2. The van der Waals surface area contributed by atoms with E-state index in [1.54, 1.807) is 6.07 Å². The molecule has 0 bridgehead atoms. The number of nitrogens with zero attached hydrogens (tertiary/aromatic N) is 1. The third-order valence-corrected chi connectivity index (χ3v) is 3.99. The number of benzene rings is 1. The van der Waals surface area contributed by atoms with Crippen molar-refractivity contribution in [3.63, 3.8) is 0 Å². The number of hydrogen-bond acceptors (Lipinski definition) is 2. The normalized spacial score (nSPS) is 16.2. The van der Waals surface area contributed by atoms with Crippen molar-refractivity contribution < 1.29 is 4.39 Å². The molecule has 3 heteroatoms. The molecule has 1 fully saturated rings. The summed E-state index contributed by atoms with van der Waals surface area (Å²) in [4.78, 5) is 2.27. The van der Waals surface area contributed by atoms with Gasteiger partial charge in [-0.15, -0.1) is 0 Å². The Hall–Kier alpha value is -1.25. The quantitative estimate of drug-likeness (QED) is 0.807. The highest BCUT2D eigenvalue weighted by molar-refractivity contribution is 5.55. The lowest BCUT2D eigenvalue weighted by Gasteiger charge is -2.32. The minimum Gasteiger partial charge on any atom is -0.399 e. The van der Waals surface area contributed by atoms with Gasteiger partial charge in [0, 0.05) is 18.3 Å². The van der Waals surface area contributed by atoms with Gasteiger partial charge in [-0.1, -0.05) is 26.7 Å². The van der Waals surface area contributed by atoms with E-state index in [9.17, 15) is 4.39 Å². The average Bonchev–Trinajstić information content (AvgIpc) is 2.85. The van der Waals surface area contributed by atoms with E-state index in [4.69, 9.17) is 5.73 Å². The summed E-state index contributed by atoms with van der Waals surface area (Å²) in [5, 5.41) is 0. The summed E-state index contributed by atoms with van der Waals surface area (Å²) in [7, 11) is 0. The Kier molecular flexibility index (Phi) is 4.67. The van der Waals surface area contributed by atoms with Gasteiger partial charge in [0.25, 0.3) is 0 Å². The van der Waals surface area contributed by atoms with Crippen LogP contribution in [-0.2, 0) is 0 Å². The van der Waals surface area contributed by atoms with Crippen LogP contribution in [0.3, 0.4) is 0 Å².